The lowest BCUT2D eigenvalue weighted by Gasteiger charge is -2.10. The van der Waals surface area contributed by atoms with Gasteiger partial charge in [-0.15, -0.1) is 0 Å². The summed E-state index contributed by atoms with van der Waals surface area (Å²) >= 11 is 0. The van der Waals surface area contributed by atoms with Gasteiger partial charge in [0.25, 0.3) is 0 Å². The zero-order valence-electron chi connectivity index (χ0n) is 9.34. The minimum atomic E-state index is -4.31. The smallest absolute Gasteiger partial charge is 0.303 e. The van der Waals surface area contributed by atoms with Crippen LogP contribution in [0.5, 0.6) is 0 Å². The lowest BCUT2D eigenvalue weighted by Crippen LogP contribution is -2.09. The fourth-order valence-electron chi connectivity index (χ4n) is 1.28. The van der Waals surface area contributed by atoms with Gasteiger partial charge in [0.2, 0.25) is 0 Å². The summed E-state index contributed by atoms with van der Waals surface area (Å²) in [4.78, 5) is 0. The molecule has 1 aromatic rings. The minimum Gasteiger partial charge on any atom is -0.303 e. The maximum atomic E-state index is 12.4. The first-order valence-electron chi connectivity index (χ1n) is 4.71. The van der Waals surface area contributed by atoms with E-state index in [9.17, 15) is 13.2 Å². The second kappa shape index (κ2) is 4.55. The van der Waals surface area contributed by atoms with Gasteiger partial charge in [-0.3, -0.25) is 0 Å². The van der Waals surface area contributed by atoms with E-state index in [0.29, 0.717) is 11.3 Å². The molecule has 2 nitrogen and oxygen atoms in total. The third-order valence-corrected chi connectivity index (χ3v) is 1.96. The Morgan fingerprint density at radius 3 is 2.38 bits per heavy atom. The third kappa shape index (κ3) is 3.25. The number of benzene rings is 1. The summed E-state index contributed by atoms with van der Waals surface area (Å²) in [5.41, 5.74) is 0.373. The molecule has 0 aliphatic heterocycles. The van der Waals surface area contributed by atoms with Crippen molar-refractivity contribution in [2.45, 2.75) is 13.1 Å². The van der Waals surface area contributed by atoms with E-state index >= 15 is 0 Å². The molecule has 0 unspecified atom stereocenters. The lowest BCUT2D eigenvalue weighted by atomic mass is 10.1. The van der Waals surface area contributed by atoms with Crippen molar-refractivity contribution in [3.63, 3.8) is 0 Å². The highest BCUT2D eigenvalue weighted by molar-refractivity contribution is 5.98. The molecule has 0 heterocycles. The van der Waals surface area contributed by atoms with E-state index in [-0.39, 0.29) is 0 Å². The number of hydrogen-bond acceptors (Lipinski definition) is 2. The van der Waals surface area contributed by atoms with Crippen LogP contribution in [0.25, 0.3) is 0 Å². The molecule has 0 atom stereocenters. The first-order valence-corrected chi connectivity index (χ1v) is 4.71. The maximum Gasteiger partial charge on any atom is 0.416 e. The van der Waals surface area contributed by atoms with Crippen LogP contribution in [-0.4, -0.2) is 24.8 Å². The van der Waals surface area contributed by atoms with Crippen molar-refractivity contribution in [1.29, 1.82) is 0 Å². The van der Waals surface area contributed by atoms with Gasteiger partial charge in [-0.25, -0.2) is 0 Å². The quantitative estimate of drug-likeness (QED) is 0.563. The zero-order chi connectivity index (χ0) is 12.3. The third-order valence-electron chi connectivity index (χ3n) is 1.96. The van der Waals surface area contributed by atoms with Crippen molar-refractivity contribution in [2.75, 3.05) is 14.1 Å². The lowest BCUT2D eigenvalue weighted by molar-refractivity contribution is -0.137. The Bertz CT molecular complexity index is 394. The molecule has 0 N–H and O–H groups in total. The van der Waals surface area contributed by atoms with E-state index < -0.39 is 11.7 Å². The highest BCUT2D eigenvalue weighted by Gasteiger charge is 2.30. The summed E-state index contributed by atoms with van der Waals surface area (Å²) in [6.45, 7) is 1.68. The van der Waals surface area contributed by atoms with Gasteiger partial charge in [-0.2, -0.15) is 18.3 Å². The van der Waals surface area contributed by atoms with Crippen molar-refractivity contribution in [3.8, 4) is 0 Å². The van der Waals surface area contributed by atoms with Crippen LogP contribution < -0.4 is 0 Å². The second-order valence-corrected chi connectivity index (χ2v) is 3.61. The van der Waals surface area contributed by atoms with E-state index in [4.69, 9.17) is 0 Å². The molecule has 5 heteroatoms. The van der Waals surface area contributed by atoms with Gasteiger partial charge in [-0.05, 0) is 24.6 Å². The number of rotatable bonds is 2. The fourth-order valence-corrected chi connectivity index (χ4v) is 1.28. The Balaban J connectivity index is 3.09. The van der Waals surface area contributed by atoms with Crippen LogP contribution in [0.15, 0.2) is 29.4 Å². The van der Waals surface area contributed by atoms with E-state index in [0.717, 1.165) is 12.1 Å². The molecule has 0 saturated heterocycles. The molecule has 88 valence electrons. The summed E-state index contributed by atoms with van der Waals surface area (Å²) in [7, 11) is 3.44. The van der Waals surface area contributed by atoms with Crippen LogP contribution in [0, 0.1) is 0 Å². The highest BCUT2D eigenvalue weighted by atomic mass is 19.4. The van der Waals surface area contributed by atoms with Crippen LogP contribution in [0.1, 0.15) is 18.1 Å². The highest BCUT2D eigenvalue weighted by Crippen LogP contribution is 2.29. The summed E-state index contributed by atoms with van der Waals surface area (Å²) < 4.78 is 37.3. The number of hydrogen-bond donors (Lipinski definition) is 0. The first kappa shape index (κ1) is 12.5. The SMILES string of the molecule is C/C(=N/N(C)C)c1cccc(C(F)(F)F)c1. The molecular weight excluding hydrogens is 217 g/mol. The number of nitrogens with zero attached hydrogens (tertiary/aromatic N) is 2. The van der Waals surface area contributed by atoms with Gasteiger partial charge in [0, 0.05) is 14.1 Å². The molecule has 0 saturated carbocycles. The molecule has 0 amide bonds. The van der Waals surface area contributed by atoms with Crippen LogP contribution in [0.4, 0.5) is 13.2 Å². The van der Waals surface area contributed by atoms with Crippen molar-refractivity contribution in [2.24, 2.45) is 5.10 Å². The Kier molecular flexibility index (Phi) is 3.57. The Morgan fingerprint density at radius 1 is 1.25 bits per heavy atom. The van der Waals surface area contributed by atoms with E-state index in [1.54, 1.807) is 32.1 Å². The molecule has 1 rings (SSSR count). The molecule has 0 radical (unpaired) electrons. The number of alkyl halides is 3. The van der Waals surface area contributed by atoms with E-state index in [1.807, 2.05) is 0 Å². The summed E-state index contributed by atoms with van der Waals surface area (Å²) in [5, 5.41) is 5.60. The molecule has 16 heavy (non-hydrogen) atoms. The normalized spacial score (nSPS) is 12.8. The van der Waals surface area contributed by atoms with Gasteiger partial charge >= 0.3 is 6.18 Å². The largest absolute Gasteiger partial charge is 0.416 e. The van der Waals surface area contributed by atoms with Crippen molar-refractivity contribution in [1.82, 2.24) is 5.01 Å². The van der Waals surface area contributed by atoms with E-state index in [1.165, 1.54) is 6.07 Å². The standard InChI is InChI=1S/C11H13F3N2/c1-8(15-16(2)3)9-5-4-6-10(7-9)11(12,13)14/h4-7H,1-3H3/b15-8-. The molecule has 0 aliphatic carbocycles. The maximum absolute atomic E-state index is 12.4. The van der Waals surface area contributed by atoms with Crippen LogP contribution in [0.2, 0.25) is 0 Å². The van der Waals surface area contributed by atoms with Crippen molar-refractivity contribution in [3.05, 3.63) is 35.4 Å². The van der Waals surface area contributed by atoms with Crippen molar-refractivity contribution < 1.29 is 13.2 Å². The Morgan fingerprint density at radius 2 is 1.88 bits per heavy atom. The number of hydrazone groups is 1. The Hall–Kier alpha value is -1.52. The molecule has 1 aromatic carbocycles. The first-order chi connectivity index (χ1) is 7.30. The summed E-state index contributed by atoms with van der Waals surface area (Å²) in [6, 6.07) is 5.14. The summed E-state index contributed by atoms with van der Waals surface area (Å²) in [6.07, 6.45) is -4.31. The van der Waals surface area contributed by atoms with Crippen LogP contribution in [0.3, 0.4) is 0 Å². The molecule has 0 fully saturated rings. The zero-order valence-corrected chi connectivity index (χ0v) is 9.34. The minimum absolute atomic E-state index is 0.475. The molecule has 0 aromatic heterocycles. The molecular formula is C11H13F3N2. The molecule has 0 aliphatic rings. The van der Waals surface area contributed by atoms with Crippen LogP contribution >= 0.6 is 0 Å². The predicted molar refractivity (Wildman–Crippen MR) is 57.3 cm³/mol. The summed E-state index contributed by atoms with van der Waals surface area (Å²) in [5.74, 6) is 0. The van der Waals surface area contributed by atoms with E-state index in [2.05, 4.69) is 5.10 Å². The van der Waals surface area contributed by atoms with Gasteiger partial charge < -0.3 is 5.01 Å². The molecule has 0 bridgehead atoms. The van der Waals surface area contributed by atoms with Gasteiger partial charge in [0.05, 0.1) is 11.3 Å². The van der Waals surface area contributed by atoms with Crippen molar-refractivity contribution >= 4 is 5.71 Å². The monoisotopic (exact) mass is 230 g/mol. The number of halogens is 3. The van der Waals surface area contributed by atoms with Gasteiger partial charge in [0.1, 0.15) is 0 Å². The second-order valence-electron chi connectivity index (χ2n) is 3.61. The fraction of sp³-hybridized carbons (Fsp3) is 0.364. The van der Waals surface area contributed by atoms with Gasteiger partial charge in [-0.1, -0.05) is 12.1 Å². The average Bonchev–Trinajstić information content (AvgIpc) is 2.15. The predicted octanol–water partition coefficient (Wildman–Crippen LogP) is 2.99. The Labute approximate surface area is 92.4 Å². The topological polar surface area (TPSA) is 15.6 Å². The molecule has 0 spiro atoms. The van der Waals surface area contributed by atoms with Crippen LogP contribution in [-0.2, 0) is 6.18 Å². The average molecular weight is 230 g/mol. The van der Waals surface area contributed by atoms with Gasteiger partial charge in [0.15, 0.2) is 0 Å².